The number of furan rings is 1. The van der Waals surface area contributed by atoms with E-state index in [1.54, 1.807) is 30.3 Å². The molecule has 0 amide bonds. The molecule has 1 N–H and O–H groups in total. The number of para-hydroxylation sites is 1. The Morgan fingerprint density at radius 1 is 1.17 bits per heavy atom. The number of aromatic nitrogens is 1. The zero-order valence-electron chi connectivity index (χ0n) is 11.7. The fourth-order valence-corrected chi connectivity index (χ4v) is 2.12. The molecule has 0 saturated carbocycles. The quantitative estimate of drug-likeness (QED) is 0.582. The maximum Gasteiger partial charge on any atom is 0.433 e. The lowest BCUT2D eigenvalue weighted by Gasteiger charge is -2.02. The minimum atomic E-state index is -1.05. The van der Waals surface area contributed by atoms with Crippen molar-refractivity contribution in [3.05, 3.63) is 69.6 Å². The minimum Gasteiger partial charge on any atom is -0.478 e. The van der Waals surface area contributed by atoms with E-state index in [4.69, 9.17) is 4.42 Å². The molecule has 23 heavy (non-hydrogen) atoms. The summed E-state index contributed by atoms with van der Waals surface area (Å²) in [5, 5.41) is 20.5. The normalized spacial score (nSPS) is 11.1. The summed E-state index contributed by atoms with van der Waals surface area (Å²) in [6, 6.07) is 11.1. The van der Waals surface area contributed by atoms with E-state index < -0.39 is 10.9 Å². The molecular weight excluding hydrogens is 300 g/mol. The van der Waals surface area contributed by atoms with Crippen molar-refractivity contribution in [1.82, 2.24) is 4.98 Å². The Kier molecular flexibility index (Phi) is 3.60. The van der Waals surface area contributed by atoms with Crippen LogP contribution in [0, 0.1) is 10.1 Å². The monoisotopic (exact) mass is 310 g/mol. The van der Waals surface area contributed by atoms with Crippen LogP contribution in [0.1, 0.15) is 21.8 Å². The van der Waals surface area contributed by atoms with Crippen LogP contribution in [0.5, 0.6) is 0 Å². The Morgan fingerprint density at radius 3 is 2.70 bits per heavy atom. The van der Waals surface area contributed by atoms with Crippen molar-refractivity contribution in [2.24, 2.45) is 0 Å². The summed E-state index contributed by atoms with van der Waals surface area (Å²) in [5.74, 6) is -1.08. The van der Waals surface area contributed by atoms with E-state index in [1.807, 2.05) is 0 Å². The Bertz CT molecular complexity index is 943. The van der Waals surface area contributed by atoms with Crippen LogP contribution in [0.3, 0.4) is 0 Å². The van der Waals surface area contributed by atoms with Gasteiger partial charge in [0.2, 0.25) is 0 Å². The van der Waals surface area contributed by atoms with E-state index in [2.05, 4.69) is 4.98 Å². The lowest BCUT2D eigenvalue weighted by Crippen LogP contribution is -1.99. The van der Waals surface area contributed by atoms with Crippen LogP contribution in [-0.2, 0) is 0 Å². The molecule has 0 unspecified atom stereocenters. The second kappa shape index (κ2) is 5.72. The number of aromatic carboxylic acids is 1. The number of hydrogen-bond donors (Lipinski definition) is 1. The van der Waals surface area contributed by atoms with Gasteiger partial charge in [0.05, 0.1) is 22.8 Å². The molecule has 0 aliphatic heterocycles. The van der Waals surface area contributed by atoms with Crippen LogP contribution in [0.4, 0.5) is 5.88 Å². The van der Waals surface area contributed by atoms with Gasteiger partial charge in [-0.1, -0.05) is 18.2 Å². The number of carbonyl (C=O) groups is 1. The first kappa shape index (κ1) is 14.5. The highest BCUT2D eigenvalue weighted by molar-refractivity contribution is 6.01. The maximum atomic E-state index is 11.2. The van der Waals surface area contributed by atoms with Crippen molar-refractivity contribution in [3.63, 3.8) is 0 Å². The van der Waals surface area contributed by atoms with Gasteiger partial charge in [-0.05, 0) is 30.4 Å². The van der Waals surface area contributed by atoms with Gasteiger partial charge in [-0.3, -0.25) is 10.1 Å². The summed E-state index contributed by atoms with van der Waals surface area (Å²) in [6.45, 7) is 0. The number of fused-ring (bicyclic) bond motifs is 1. The fourth-order valence-electron chi connectivity index (χ4n) is 2.12. The van der Waals surface area contributed by atoms with E-state index >= 15 is 0 Å². The SMILES string of the molecule is O=C(O)c1cccc2ccc(/C=C/c3ccc([N+](=O)[O-])o3)nc12. The molecule has 0 aliphatic carbocycles. The maximum absolute atomic E-state index is 11.2. The highest BCUT2D eigenvalue weighted by Gasteiger charge is 2.11. The molecule has 2 aromatic heterocycles. The zero-order chi connectivity index (χ0) is 16.4. The zero-order valence-corrected chi connectivity index (χ0v) is 11.7. The molecule has 7 nitrogen and oxygen atoms in total. The molecule has 114 valence electrons. The molecule has 0 saturated heterocycles. The van der Waals surface area contributed by atoms with Crippen molar-refractivity contribution in [1.29, 1.82) is 0 Å². The van der Waals surface area contributed by atoms with Crippen molar-refractivity contribution in [3.8, 4) is 0 Å². The first-order valence-electron chi connectivity index (χ1n) is 6.60. The van der Waals surface area contributed by atoms with Gasteiger partial charge in [0.25, 0.3) is 0 Å². The first-order chi connectivity index (χ1) is 11.0. The number of nitrogens with zero attached hydrogens (tertiary/aromatic N) is 2. The van der Waals surface area contributed by atoms with Crippen molar-refractivity contribution >= 4 is 34.9 Å². The van der Waals surface area contributed by atoms with Gasteiger partial charge >= 0.3 is 11.9 Å². The predicted molar refractivity (Wildman–Crippen MR) is 83.0 cm³/mol. The molecule has 3 rings (SSSR count). The van der Waals surface area contributed by atoms with Crippen LogP contribution in [0.25, 0.3) is 23.1 Å². The van der Waals surface area contributed by atoms with Gasteiger partial charge in [-0.2, -0.15) is 0 Å². The number of nitro groups is 1. The van der Waals surface area contributed by atoms with E-state index in [0.717, 1.165) is 5.39 Å². The second-order valence-electron chi connectivity index (χ2n) is 4.69. The molecule has 0 radical (unpaired) electrons. The van der Waals surface area contributed by atoms with Crippen LogP contribution < -0.4 is 0 Å². The minimum absolute atomic E-state index is 0.117. The number of carboxylic acids is 1. The number of hydrogen-bond acceptors (Lipinski definition) is 5. The molecule has 1 aromatic carbocycles. The highest BCUT2D eigenvalue weighted by atomic mass is 16.6. The molecule has 0 bridgehead atoms. The van der Waals surface area contributed by atoms with Crippen molar-refractivity contribution < 1.29 is 19.2 Å². The Morgan fingerprint density at radius 2 is 2.00 bits per heavy atom. The number of rotatable bonds is 4. The third kappa shape index (κ3) is 2.93. The van der Waals surface area contributed by atoms with E-state index in [0.29, 0.717) is 17.0 Å². The van der Waals surface area contributed by atoms with E-state index in [9.17, 15) is 20.0 Å². The molecule has 3 aromatic rings. The summed E-state index contributed by atoms with van der Waals surface area (Å²) in [5.41, 5.74) is 1.02. The van der Waals surface area contributed by atoms with Crippen LogP contribution in [-0.4, -0.2) is 21.0 Å². The van der Waals surface area contributed by atoms with Crippen LogP contribution in [0.15, 0.2) is 46.9 Å². The van der Waals surface area contributed by atoms with Gasteiger partial charge in [0.1, 0.15) is 10.7 Å². The number of benzene rings is 1. The largest absolute Gasteiger partial charge is 0.478 e. The van der Waals surface area contributed by atoms with Gasteiger partial charge < -0.3 is 9.52 Å². The molecular formula is C16H10N2O5. The van der Waals surface area contributed by atoms with E-state index in [1.165, 1.54) is 24.3 Å². The predicted octanol–water partition coefficient (Wildman–Crippen LogP) is 3.60. The highest BCUT2D eigenvalue weighted by Crippen LogP contribution is 2.20. The Hall–Kier alpha value is -3.48. The fraction of sp³-hybridized carbons (Fsp3) is 0. The van der Waals surface area contributed by atoms with Crippen molar-refractivity contribution in [2.75, 3.05) is 0 Å². The smallest absolute Gasteiger partial charge is 0.433 e. The third-order valence-electron chi connectivity index (χ3n) is 3.18. The summed E-state index contributed by atoms with van der Waals surface area (Å²) >= 11 is 0. The molecule has 2 heterocycles. The first-order valence-corrected chi connectivity index (χ1v) is 6.60. The average Bonchev–Trinajstić information content (AvgIpc) is 3.01. The lowest BCUT2D eigenvalue weighted by atomic mass is 10.1. The van der Waals surface area contributed by atoms with E-state index in [-0.39, 0.29) is 11.4 Å². The van der Waals surface area contributed by atoms with Gasteiger partial charge in [0, 0.05) is 5.39 Å². The van der Waals surface area contributed by atoms with Gasteiger partial charge in [-0.15, -0.1) is 0 Å². The standard InChI is InChI=1S/C16H10N2O5/c19-16(20)13-3-1-2-10-4-5-11(17-15(10)13)6-7-12-8-9-14(23-12)18(21)22/h1-9H,(H,19,20)/b7-6+. The number of carboxylic acid groups (broad SMARTS) is 1. The molecule has 0 atom stereocenters. The van der Waals surface area contributed by atoms with Crippen molar-refractivity contribution in [2.45, 2.75) is 0 Å². The second-order valence-corrected chi connectivity index (χ2v) is 4.69. The van der Waals surface area contributed by atoms with Crippen LogP contribution >= 0.6 is 0 Å². The molecule has 7 heteroatoms. The molecule has 0 spiro atoms. The third-order valence-corrected chi connectivity index (χ3v) is 3.18. The topological polar surface area (TPSA) is 106 Å². The van der Waals surface area contributed by atoms with Gasteiger partial charge in [-0.25, -0.2) is 9.78 Å². The lowest BCUT2D eigenvalue weighted by molar-refractivity contribution is -0.402. The summed E-state index contributed by atoms with van der Waals surface area (Å²) in [7, 11) is 0. The Labute approximate surface area is 129 Å². The number of pyridine rings is 1. The molecule has 0 aliphatic rings. The van der Waals surface area contributed by atoms with Gasteiger partial charge in [0.15, 0.2) is 0 Å². The summed E-state index contributed by atoms with van der Waals surface area (Å²) in [4.78, 5) is 25.5. The Balaban J connectivity index is 1.96. The van der Waals surface area contributed by atoms with Crippen LogP contribution in [0.2, 0.25) is 0 Å². The average molecular weight is 310 g/mol. The summed E-state index contributed by atoms with van der Waals surface area (Å²) < 4.78 is 5.01. The summed E-state index contributed by atoms with van der Waals surface area (Å²) in [6.07, 6.45) is 3.13. The molecule has 0 fully saturated rings.